The Morgan fingerprint density at radius 3 is 2.44 bits per heavy atom. The van der Waals surface area contributed by atoms with E-state index in [-0.39, 0.29) is 23.4 Å². The Kier molecular flexibility index (Phi) is 7.29. The Bertz CT molecular complexity index is 1290. The topological polar surface area (TPSA) is 66.5 Å². The van der Waals surface area contributed by atoms with Crippen LogP contribution in [0.25, 0.3) is 0 Å². The van der Waals surface area contributed by atoms with Gasteiger partial charge in [0.05, 0.1) is 16.6 Å². The Hall–Kier alpha value is -2.83. The lowest BCUT2D eigenvalue weighted by atomic mass is 9.89. The standard InChI is InChI=1S/C27H29ClN2O3S/c1-19-12-15-24(28)17-26(19)30(34(32,33)25-10-4-3-5-11-25)18-27(31)29-20(2)22-14-13-21-8-6-7-9-23(21)16-22/h3-5,10-17,20H,6-9,18H2,1-2H3,(H,29,31)/t20-/m1/s1. The Morgan fingerprint density at radius 1 is 1.00 bits per heavy atom. The second kappa shape index (κ2) is 10.2. The molecule has 3 aromatic carbocycles. The number of nitrogens with zero attached hydrogens (tertiary/aromatic N) is 1. The average Bonchev–Trinajstić information content (AvgIpc) is 2.84. The number of nitrogens with one attached hydrogen (secondary N) is 1. The summed E-state index contributed by atoms with van der Waals surface area (Å²) in [5, 5.41) is 3.38. The molecule has 7 heteroatoms. The van der Waals surface area contributed by atoms with Gasteiger partial charge in [-0.05, 0) is 86.1 Å². The number of carbonyl (C=O) groups excluding carboxylic acids is 1. The number of carbonyl (C=O) groups is 1. The van der Waals surface area contributed by atoms with E-state index < -0.39 is 10.0 Å². The molecule has 0 spiro atoms. The Labute approximate surface area is 206 Å². The third kappa shape index (κ3) is 5.29. The van der Waals surface area contributed by atoms with E-state index in [9.17, 15) is 13.2 Å². The van der Waals surface area contributed by atoms with Gasteiger partial charge in [0.15, 0.2) is 0 Å². The highest BCUT2D eigenvalue weighted by Crippen LogP contribution is 2.30. The zero-order chi connectivity index (χ0) is 24.3. The number of amides is 1. The maximum atomic E-state index is 13.6. The van der Waals surface area contributed by atoms with Crippen molar-refractivity contribution < 1.29 is 13.2 Å². The van der Waals surface area contributed by atoms with Gasteiger partial charge in [-0.25, -0.2) is 8.42 Å². The van der Waals surface area contributed by atoms with Crippen LogP contribution in [0, 0.1) is 6.92 Å². The molecule has 1 N–H and O–H groups in total. The first-order valence-electron chi connectivity index (χ1n) is 11.5. The highest BCUT2D eigenvalue weighted by Gasteiger charge is 2.29. The SMILES string of the molecule is Cc1ccc(Cl)cc1N(CC(=O)N[C@H](C)c1ccc2c(c1)CCCC2)S(=O)(=O)c1ccccc1. The summed E-state index contributed by atoms with van der Waals surface area (Å²) in [5.41, 5.74) is 4.83. The largest absolute Gasteiger partial charge is 0.348 e. The van der Waals surface area contributed by atoms with Gasteiger partial charge in [-0.1, -0.05) is 54.1 Å². The van der Waals surface area contributed by atoms with Crippen molar-refractivity contribution >= 4 is 33.2 Å². The molecule has 1 aliphatic rings. The van der Waals surface area contributed by atoms with Gasteiger partial charge in [0, 0.05) is 5.02 Å². The molecule has 3 aromatic rings. The van der Waals surface area contributed by atoms with E-state index in [1.165, 1.54) is 36.1 Å². The van der Waals surface area contributed by atoms with Gasteiger partial charge in [-0.2, -0.15) is 0 Å². The zero-order valence-corrected chi connectivity index (χ0v) is 21.0. The summed E-state index contributed by atoms with van der Waals surface area (Å²) in [7, 11) is -3.99. The Balaban J connectivity index is 1.60. The molecule has 0 saturated carbocycles. The van der Waals surface area contributed by atoms with E-state index in [0.717, 1.165) is 22.7 Å². The highest BCUT2D eigenvalue weighted by molar-refractivity contribution is 7.92. The van der Waals surface area contributed by atoms with Crippen LogP contribution in [0.4, 0.5) is 5.69 Å². The molecule has 0 aliphatic heterocycles. The normalized spacial score (nSPS) is 14.2. The van der Waals surface area contributed by atoms with Crippen molar-refractivity contribution in [3.63, 3.8) is 0 Å². The second-order valence-electron chi connectivity index (χ2n) is 8.78. The molecule has 0 heterocycles. The number of benzene rings is 3. The third-order valence-electron chi connectivity index (χ3n) is 6.31. The quantitative estimate of drug-likeness (QED) is 0.463. The molecule has 0 aromatic heterocycles. The van der Waals surface area contributed by atoms with Crippen molar-refractivity contribution in [2.45, 2.75) is 50.5 Å². The van der Waals surface area contributed by atoms with Gasteiger partial charge < -0.3 is 5.32 Å². The molecule has 1 atom stereocenters. The molecule has 0 unspecified atom stereocenters. The summed E-state index contributed by atoms with van der Waals surface area (Å²) in [6.45, 7) is 3.36. The summed E-state index contributed by atoms with van der Waals surface area (Å²) >= 11 is 6.19. The number of halogens is 1. The van der Waals surface area contributed by atoms with Crippen molar-refractivity contribution in [2.24, 2.45) is 0 Å². The van der Waals surface area contributed by atoms with E-state index in [1.807, 2.05) is 6.92 Å². The lowest BCUT2D eigenvalue weighted by Gasteiger charge is -2.27. The molecule has 178 valence electrons. The van der Waals surface area contributed by atoms with E-state index in [1.54, 1.807) is 43.3 Å². The predicted octanol–water partition coefficient (Wildman–Crippen LogP) is 5.60. The molecule has 1 amide bonds. The van der Waals surface area contributed by atoms with Crippen molar-refractivity contribution in [1.29, 1.82) is 0 Å². The molecule has 1 aliphatic carbocycles. The minimum absolute atomic E-state index is 0.116. The van der Waals surface area contributed by atoms with E-state index >= 15 is 0 Å². The van der Waals surface area contributed by atoms with Crippen LogP contribution in [0.1, 0.15) is 48.1 Å². The summed E-state index contributed by atoms with van der Waals surface area (Å²) < 4.78 is 28.2. The van der Waals surface area contributed by atoms with Crippen molar-refractivity contribution in [3.05, 3.63) is 94.0 Å². The summed E-state index contributed by atoms with van der Waals surface area (Å²) in [5.74, 6) is -0.385. The first-order chi connectivity index (χ1) is 16.3. The number of rotatable bonds is 7. The zero-order valence-electron chi connectivity index (χ0n) is 19.4. The lowest BCUT2D eigenvalue weighted by Crippen LogP contribution is -2.42. The van der Waals surface area contributed by atoms with Crippen molar-refractivity contribution in [2.75, 3.05) is 10.8 Å². The smallest absolute Gasteiger partial charge is 0.264 e. The number of sulfonamides is 1. The van der Waals surface area contributed by atoms with Crippen LogP contribution < -0.4 is 9.62 Å². The fourth-order valence-corrected chi connectivity index (χ4v) is 6.06. The first kappa shape index (κ1) is 24.3. The molecule has 0 fully saturated rings. The number of hydrogen-bond acceptors (Lipinski definition) is 3. The van der Waals surface area contributed by atoms with Crippen LogP contribution in [0.3, 0.4) is 0 Å². The minimum atomic E-state index is -3.99. The number of fused-ring (bicyclic) bond motifs is 1. The molecule has 4 rings (SSSR count). The van der Waals surface area contributed by atoms with E-state index in [4.69, 9.17) is 11.6 Å². The van der Waals surface area contributed by atoms with Gasteiger partial charge in [0.1, 0.15) is 6.54 Å². The predicted molar refractivity (Wildman–Crippen MR) is 137 cm³/mol. The maximum absolute atomic E-state index is 13.6. The molecule has 5 nitrogen and oxygen atoms in total. The van der Waals surface area contributed by atoms with Crippen LogP contribution in [-0.2, 0) is 27.7 Å². The third-order valence-corrected chi connectivity index (χ3v) is 8.32. The summed E-state index contributed by atoms with van der Waals surface area (Å²) in [4.78, 5) is 13.2. The lowest BCUT2D eigenvalue weighted by molar-refractivity contribution is -0.120. The summed E-state index contributed by atoms with van der Waals surface area (Å²) in [6, 6.07) is 19.3. The van der Waals surface area contributed by atoms with Gasteiger partial charge in [-0.3, -0.25) is 9.10 Å². The molecular formula is C27H29ClN2O3S. The number of aryl methyl sites for hydroxylation is 3. The van der Waals surface area contributed by atoms with Gasteiger partial charge in [-0.15, -0.1) is 0 Å². The van der Waals surface area contributed by atoms with Crippen LogP contribution in [0.5, 0.6) is 0 Å². The second-order valence-corrected chi connectivity index (χ2v) is 11.1. The molecule has 0 bridgehead atoms. The van der Waals surface area contributed by atoms with Gasteiger partial charge in [0.25, 0.3) is 10.0 Å². The number of anilines is 1. The fraction of sp³-hybridized carbons (Fsp3) is 0.296. The first-order valence-corrected chi connectivity index (χ1v) is 13.3. The maximum Gasteiger partial charge on any atom is 0.264 e. The van der Waals surface area contributed by atoms with Crippen LogP contribution in [-0.4, -0.2) is 20.9 Å². The van der Waals surface area contributed by atoms with Crippen LogP contribution >= 0.6 is 11.6 Å². The minimum Gasteiger partial charge on any atom is -0.348 e. The fourth-order valence-electron chi connectivity index (χ4n) is 4.39. The van der Waals surface area contributed by atoms with Gasteiger partial charge >= 0.3 is 0 Å². The molecule has 0 radical (unpaired) electrons. The Morgan fingerprint density at radius 2 is 1.71 bits per heavy atom. The highest BCUT2D eigenvalue weighted by atomic mass is 35.5. The van der Waals surface area contributed by atoms with E-state index in [0.29, 0.717) is 16.3 Å². The number of hydrogen-bond donors (Lipinski definition) is 1. The van der Waals surface area contributed by atoms with Crippen LogP contribution in [0.2, 0.25) is 5.02 Å². The van der Waals surface area contributed by atoms with E-state index in [2.05, 4.69) is 23.5 Å². The van der Waals surface area contributed by atoms with Crippen molar-refractivity contribution in [1.82, 2.24) is 5.32 Å². The average molecular weight is 497 g/mol. The van der Waals surface area contributed by atoms with Crippen LogP contribution in [0.15, 0.2) is 71.6 Å². The monoisotopic (exact) mass is 496 g/mol. The molecule has 0 saturated heterocycles. The van der Waals surface area contributed by atoms with Gasteiger partial charge in [0.2, 0.25) is 5.91 Å². The summed E-state index contributed by atoms with van der Waals surface area (Å²) in [6.07, 6.45) is 4.55. The van der Waals surface area contributed by atoms with Crippen molar-refractivity contribution in [3.8, 4) is 0 Å². The molecular weight excluding hydrogens is 468 g/mol. The molecule has 34 heavy (non-hydrogen) atoms.